The van der Waals surface area contributed by atoms with Crippen molar-refractivity contribution in [2.45, 2.75) is 13.8 Å². The molecule has 2 aromatic heterocycles. The molecule has 0 atom stereocenters. The van der Waals surface area contributed by atoms with Crippen LogP contribution in [0.25, 0.3) is 22.0 Å². The minimum atomic E-state index is 0.654. The first-order valence-electron chi connectivity index (χ1n) is 8.38. The largest absolute Gasteiger partial charge is 0.259 e. The second kappa shape index (κ2) is 7.06. The zero-order valence-electron chi connectivity index (χ0n) is 14.6. The van der Waals surface area contributed by atoms with E-state index in [1.807, 2.05) is 35.7 Å². The molecule has 5 heteroatoms. The van der Waals surface area contributed by atoms with Gasteiger partial charge in [-0.2, -0.15) is 5.10 Å². The molecule has 26 heavy (non-hydrogen) atoms. The first kappa shape index (κ1) is 16.4. The van der Waals surface area contributed by atoms with Gasteiger partial charge in [-0.25, -0.2) is 0 Å². The Balaban J connectivity index is 1.74. The van der Waals surface area contributed by atoms with Gasteiger partial charge in [0.1, 0.15) is 5.69 Å². The third kappa shape index (κ3) is 3.21. The number of hydrazone groups is 1. The van der Waals surface area contributed by atoms with Gasteiger partial charge in [-0.3, -0.25) is 5.43 Å². The summed E-state index contributed by atoms with van der Waals surface area (Å²) in [5, 5.41) is 17.2. The fourth-order valence-corrected chi connectivity index (χ4v) is 3.40. The monoisotopic (exact) mass is 358 g/mol. The number of hydrogen-bond acceptors (Lipinski definition) is 5. The van der Waals surface area contributed by atoms with E-state index in [-0.39, 0.29) is 0 Å². The van der Waals surface area contributed by atoms with E-state index in [1.54, 1.807) is 17.6 Å². The molecular formula is C21H18N4S. The number of thiophene rings is 1. The summed E-state index contributed by atoms with van der Waals surface area (Å²) in [6, 6.07) is 18.5. The predicted molar refractivity (Wildman–Crippen MR) is 110 cm³/mol. The molecule has 0 saturated carbocycles. The minimum Gasteiger partial charge on any atom is -0.259 e. The average Bonchev–Trinajstić information content (AvgIpc) is 3.18. The molecule has 128 valence electrons. The summed E-state index contributed by atoms with van der Waals surface area (Å²) in [5.74, 6) is 0.654. The molecule has 0 aliphatic heterocycles. The van der Waals surface area contributed by atoms with Crippen LogP contribution < -0.4 is 5.43 Å². The summed E-state index contributed by atoms with van der Waals surface area (Å²) in [5.41, 5.74) is 7.50. The molecule has 2 heterocycles. The molecule has 2 aromatic carbocycles. The van der Waals surface area contributed by atoms with Crippen molar-refractivity contribution in [2.75, 3.05) is 5.43 Å². The van der Waals surface area contributed by atoms with Crippen molar-refractivity contribution in [3.63, 3.8) is 0 Å². The van der Waals surface area contributed by atoms with Crippen LogP contribution in [0.1, 0.15) is 16.0 Å². The van der Waals surface area contributed by atoms with E-state index in [0.717, 1.165) is 26.9 Å². The molecule has 1 N–H and O–H groups in total. The van der Waals surface area contributed by atoms with Gasteiger partial charge in [0, 0.05) is 21.2 Å². The fourth-order valence-electron chi connectivity index (χ4n) is 2.81. The fraction of sp³-hybridized carbons (Fsp3) is 0.0952. The Labute approximate surface area is 156 Å². The lowest BCUT2D eigenvalue weighted by Crippen LogP contribution is -1.99. The topological polar surface area (TPSA) is 50.2 Å². The lowest BCUT2D eigenvalue weighted by molar-refractivity contribution is 1.04. The van der Waals surface area contributed by atoms with Gasteiger partial charge in [0.05, 0.1) is 6.21 Å². The van der Waals surface area contributed by atoms with Crippen molar-refractivity contribution in [3.05, 3.63) is 76.0 Å². The average molecular weight is 358 g/mol. The Hall–Kier alpha value is -3.05. The lowest BCUT2D eigenvalue weighted by atomic mass is 10.0. The van der Waals surface area contributed by atoms with E-state index >= 15 is 0 Å². The number of rotatable bonds is 4. The zero-order valence-corrected chi connectivity index (χ0v) is 15.4. The first-order valence-corrected chi connectivity index (χ1v) is 9.26. The molecule has 0 amide bonds. The highest BCUT2D eigenvalue weighted by Gasteiger charge is 2.11. The van der Waals surface area contributed by atoms with Crippen LogP contribution in [0.5, 0.6) is 0 Å². The summed E-state index contributed by atoms with van der Waals surface area (Å²) in [7, 11) is 0. The Morgan fingerprint density at radius 1 is 0.923 bits per heavy atom. The number of aromatic nitrogens is 2. The molecular weight excluding hydrogens is 340 g/mol. The quantitative estimate of drug-likeness (QED) is 0.391. The van der Waals surface area contributed by atoms with Gasteiger partial charge in [-0.1, -0.05) is 42.5 Å². The van der Waals surface area contributed by atoms with E-state index in [0.29, 0.717) is 5.82 Å². The number of nitrogens with zero attached hydrogens (tertiary/aromatic N) is 3. The van der Waals surface area contributed by atoms with Crippen LogP contribution in [0.15, 0.2) is 65.1 Å². The highest BCUT2D eigenvalue weighted by Crippen LogP contribution is 2.30. The van der Waals surface area contributed by atoms with Crippen LogP contribution in [0, 0.1) is 13.8 Å². The van der Waals surface area contributed by atoms with E-state index in [1.165, 1.54) is 11.1 Å². The molecule has 0 radical (unpaired) electrons. The Kier molecular flexibility index (Phi) is 4.46. The summed E-state index contributed by atoms with van der Waals surface area (Å²) >= 11 is 1.64. The predicted octanol–water partition coefficient (Wildman–Crippen LogP) is 5.42. The number of fused-ring (bicyclic) bond motifs is 1. The van der Waals surface area contributed by atoms with Crippen molar-refractivity contribution in [3.8, 4) is 11.3 Å². The number of benzene rings is 2. The van der Waals surface area contributed by atoms with Gasteiger partial charge in [0.25, 0.3) is 0 Å². The van der Waals surface area contributed by atoms with Crippen molar-refractivity contribution in [1.82, 2.24) is 10.2 Å². The van der Waals surface area contributed by atoms with E-state index < -0.39 is 0 Å². The van der Waals surface area contributed by atoms with Crippen molar-refractivity contribution in [1.29, 1.82) is 0 Å². The van der Waals surface area contributed by atoms with Gasteiger partial charge in [0.2, 0.25) is 0 Å². The van der Waals surface area contributed by atoms with Gasteiger partial charge < -0.3 is 0 Å². The Morgan fingerprint density at radius 2 is 1.77 bits per heavy atom. The smallest absolute Gasteiger partial charge is 0.176 e. The van der Waals surface area contributed by atoms with Crippen LogP contribution >= 0.6 is 11.3 Å². The van der Waals surface area contributed by atoms with Gasteiger partial charge >= 0.3 is 0 Å². The lowest BCUT2D eigenvalue weighted by Gasteiger charge is -2.10. The highest BCUT2D eigenvalue weighted by molar-refractivity contribution is 7.11. The maximum atomic E-state index is 4.48. The van der Waals surface area contributed by atoms with Crippen molar-refractivity contribution in [2.24, 2.45) is 5.10 Å². The molecule has 0 spiro atoms. The molecule has 0 bridgehead atoms. The second-order valence-corrected chi connectivity index (χ2v) is 7.11. The molecule has 0 unspecified atom stereocenters. The Morgan fingerprint density at radius 3 is 2.54 bits per heavy atom. The number of hydrogen-bond donors (Lipinski definition) is 1. The van der Waals surface area contributed by atoms with Crippen LogP contribution in [-0.2, 0) is 0 Å². The van der Waals surface area contributed by atoms with Gasteiger partial charge in [0.15, 0.2) is 5.82 Å². The first-order chi connectivity index (χ1) is 12.7. The number of nitrogens with one attached hydrogen (secondary N) is 1. The van der Waals surface area contributed by atoms with Crippen LogP contribution in [-0.4, -0.2) is 16.4 Å². The maximum Gasteiger partial charge on any atom is 0.176 e. The summed E-state index contributed by atoms with van der Waals surface area (Å²) in [4.78, 5) is 1.08. The molecule has 4 aromatic rings. The molecule has 0 aliphatic carbocycles. The van der Waals surface area contributed by atoms with Crippen LogP contribution in [0.4, 0.5) is 5.82 Å². The number of aryl methyl sites for hydroxylation is 2. The summed E-state index contributed by atoms with van der Waals surface area (Å²) in [6.07, 6.45) is 1.79. The molecule has 4 rings (SSSR count). The molecule has 0 fully saturated rings. The van der Waals surface area contributed by atoms with E-state index in [2.05, 4.69) is 58.8 Å². The van der Waals surface area contributed by atoms with Crippen LogP contribution in [0.2, 0.25) is 0 Å². The van der Waals surface area contributed by atoms with Crippen molar-refractivity contribution >= 4 is 34.1 Å². The molecule has 0 saturated heterocycles. The number of anilines is 1. The summed E-state index contributed by atoms with van der Waals surface area (Å²) in [6.45, 7) is 4.23. The van der Waals surface area contributed by atoms with E-state index in [4.69, 9.17) is 0 Å². The Bertz CT molecular complexity index is 1080. The molecule has 4 nitrogen and oxygen atoms in total. The van der Waals surface area contributed by atoms with Gasteiger partial charge in [-0.15, -0.1) is 21.5 Å². The summed E-state index contributed by atoms with van der Waals surface area (Å²) < 4.78 is 0. The minimum absolute atomic E-state index is 0.654. The van der Waals surface area contributed by atoms with Crippen LogP contribution in [0.3, 0.4) is 0 Å². The highest BCUT2D eigenvalue weighted by atomic mass is 32.1. The normalized spacial score (nSPS) is 11.3. The second-order valence-electron chi connectivity index (χ2n) is 6.13. The van der Waals surface area contributed by atoms with E-state index in [9.17, 15) is 0 Å². The third-order valence-electron chi connectivity index (χ3n) is 4.37. The standard InChI is InChI=1S/C21H18N4S/c1-14-9-10-16(12-15(14)2)20-18-7-3-4-8-19(18)21(25-23-20)24-22-13-17-6-5-11-26-17/h3-13H,1-2H3,(H,24,25)/b22-13-. The van der Waals surface area contributed by atoms with Crippen molar-refractivity contribution < 1.29 is 0 Å². The SMILES string of the molecule is Cc1ccc(-c2nnc(N/N=C\c3cccs3)c3ccccc23)cc1C. The maximum absolute atomic E-state index is 4.48. The zero-order chi connectivity index (χ0) is 17.9. The third-order valence-corrected chi connectivity index (χ3v) is 5.18. The molecule has 0 aliphatic rings. The van der Waals surface area contributed by atoms with Gasteiger partial charge in [-0.05, 0) is 42.5 Å².